The summed E-state index contributed by atoms with van der Waals surface area (Å²) in [6, 6.07) is 10.5. The van der Waals surface area contributed by atoms with Crippen LogP contribution < -0.4 is 5.32 Å². The van der Waals surface area contributed by atoms with Gasteiger partial charge in [0.1, 0.15) is 18.2 Å². The van der Waals surface area contributed by atoms with Crippen LogP contribution in [0.15, 0.2) is 36.4 Å². The number of likely N-dealkylation sites (tertiary alicyclic amines) is 1. The van der Waals surface area contributed by atoms with E-state index in [1.165, 1.54) is 17.7 Å². The van der Waals surface area contributed by atoms with E-state index in [0.717, 1.165) is 50.0 Å². The third-order valence-electron chi connectivity index (χ3n) is 6.66. The first-order valence-electron chi connectivity index (χ1n) is 11.5. The van der Waals surface area contributed by atoms with Gasteiger partial charge in [-0.3, -0.25) is 9.59 Å². The van der Waals surface area contributed by atoms with E-state index in [2.05, 4.69) is 22.3 Å². The van der Waals surface area contributed by atoms with Gasteiger partial charge in [0.25, 0.3) is 5.91 Å². The highest BCUT2D eigenvalue weighted by molar-refractivity contribution is 6.36. The van der Waals surface area contributed by atoms with Crippen LogP contribution in [0.2, 0.25) is 0 Å². The average Bonchev–Trinajstić information content (AvgIpc) is 3.37. The minimum atomic E-state index is -0.386. The molecule has 0 unspecified atom stereocenters. The molecule has 172 valence electrons. The molecule has 3 aliphatic rings. The van der Waals surface area contributed by atoms with Gasteiger partial charge in [-0.2, -0.15) is 0 Å². The van der Waals surface area contributed by atoms with Crippen LogP contribution in [0, 0.1) is 11.7 Å². The molecule has 3 heterocycles. The maximum Gasteiger partial charge on any atom is 0.309 e. The fraction of sp³-hybridized carbons (Fsp3) is 0.385. The number of fused-ring (bicyclic) bond motifs is 2. The lowest BCUT2D eigenvalue weighted by atomic mass is 9.96. The first-order chi connectivity index (χ1) is 16.0. The summed E-state index contributed by atoms with van der Waals surface area (Å²) in [5.41, 5.74) is 4.66. The number of piperidine rings is 1. The van der Waals surface area contributed by atoms with Crippen LogP contribution in [-0.2, 0) is 32.1 Å². The smallest absolute Gasteiger partial charge is 0.309 e. The second-order valence-corrected chi connectivity index (χ2v) is 8.75. The van der Waals surface area contributed by atoms with E-state index in [4.69, 9.17) is 9.47 Å². The number of ether oxygens (including phenoxy) is 2. The summed E-state index contributed by atoms with van der Waals surface area (Å²) >= 11 is 0. The van der Waals surface area contributed by atoms with Gasteiger partial charge >= 0.3 is 5.97 Å². The Kier molecular flexibility index (Phi) is 5.89. The molecule has 1 saturated heterocycles. The highest BCUT2D eigenvalue weighted by Crippen LogP contribution is 2.42. The number of hydrogen-bond acceptors (Lipinski definition) is 5. The molecule has 1 N–H and O–H groups in total. The Balaban J connectivity index is 1.26. The van der Waals surface area contributed by atoms with Crippen molar-refractivity contribution < 1.29 is 23.5 Å². The molecule has 33 heavy (non-hydrogen) atoms. The van der Waals surface area contributed by atoms with Crippen molar-refractivity contribution >= 4 is 28.9 Å². The standard InChI is InChI=1S/C26H27FN2O4/c1-2-32-26(31)17-8-11-29(12-9-17)10-7-16-3-5-20-18(13-16)15-33-24(20)23-21-14-19(27)4-6-22(21)28-25(23)30/h3-6,13-14,17H,2,7-12,15H2,1H3,(H,28,30). The van der Waals surface area contributed by atoms with Crippen LogP contribution >= 0.6 is 0 Å². The molecular formula is C26H27FN2O4. The summed E-state index contributed by atoms with van der Waals surface area (Å²) < 4.78 is 24.9. The van der Waals surface area contributed by atoms with Crippen molar-refractivity contribution in [3.8, 4) is 0 Å². The lowest BCUT2D eigenvalue weighted by Crippen LogP contribution is -2.38. The number of amides is 1. The molecule has 0 spiro atoms. The molecule has 2 aromatic carbocycles. The molecule has 3 aliphatic heterocycles. The van der Waals surface area contributed by atoms with Crippen molar-refractivity contribution in [3.63, 3.8) is 0 Å². The van der Waals surface area contributed by atoms with Gasteiger partial charge in [-0.05, 0) is 63.0 Å². The second kappa shape index (κ2) is 8.98. The van der Waals surface area contributed by atoms with Crippen molar-refractivity contribution in [3.05, 3.63) is 64.5 Å². The molecular weight excluding hydrogens is 423 g/mol. The third-order valence-corrected chi connectivity index (χ3v) is 6.66. The maximum absolute atomic E-state index is 13.8. The number of nitrogens with one attached hydrogen (secondary N) is 1. The van der Waals surface area contributed by atoms with Crippen molar-refractivity contribution in [2.24, 2.45) is 5.92 Å². The lowest BCUT2D eigenvalue weighted by Gasteiger charge is -2.30. The van der Waals surface area contributed by atoms with Crippen LogP contribution in [0.4, 0.5) is 10.1 Å². The van der Waals surface area contributed by atoms with E-state index >= 15 is 0 Å². The Hall–Kier alpha value is -3.19. The molecule has 1 fully saturated rings. The Bertz CT molecular complexity index is 1140. The summed E-state index contributed by atoms with van der Waals surface area (Å²) in [5, 5.41) is 2.79. The highest BCUT2D eigenvalue weighted by atomic mass is 19.1. The summed E-state index contributed by atoms with van der Waals surface area (Å²) in [5.74, 6) is -0.186. The molecule has 0 saturated carbocycles. The van der Waals surface area contributed by atoms with Crippen LogP contribution in [0.3, 0.4) is 0 Å². The van der Waals surface area contributed by atoms with E-state index in [9.17, 15) is 14.0 Å². The largest absolute Gasteiger partial charge is 0.487 e. The first kappa shape index (κ1) is 21.6. The molecule has 0 bridgehead atoms. The van der Waals surface area contributed by atoms with E-state index in [-0.39, 0.29) is 23.6 Å². The quantitative estimate of drug-likeness (QED) is 0.551. The maximum atomic E-state index is 13.8. The van der Waals surface area contributed by atoms with Crippen molar-refractivity contribution in [1.82, 2.24) is 4.90 Å². The van der Waals surface area contributed by atoms with E-state index in [0.29, 0.717) is 35.8 Å². The SMILES string of the molecule is CCOC(=O)C1CCN(CCc2ccc3c(c2)COC3=C2C(=O)Nc3ccc(F)cc32)CC1. The number of hydrogen-bond donors (Lipinski definition) is 1. The lowest BCUT2D eigenvalue weighted by molar-refractivity contribution is -0.149. The number of nitrogens with zero attached hydrogens (tertiary/aromatic N) is 1. The zero-order chi connectivity index (χ0) is 22.9. The number of benzene rings is 2. The van der Waals surface area contributed by atoms with Crippen LogP contribution in [0.1, 0.15) is 42.0 Å². The van der Waals surface area contributed by atoms with Crippen molar-refractivity contribution in [1.29, 1.82) is 0 Å². The molecule has 0 aliphatic carbocycles. The summed E-state index contributed by atoms with van der Waals surface area (Å²) in [6.07, 6.45) is 2.59. The van der Waals surface area contributed by atoms with Gasteiger partial charge in [-0.15, -0.1) is 0 Å². The molecule has 0 radical (unpaired) electrons. The topological polar surface area (TPSA) is 67.9 Å². The normalized spacial score (nSPS) is 20.2. The Morgan fingerprint density at radius 2 is 2.00 bits per heavy atom. The predicted octanol–water partition coefficient (Wildman–Crippen LogP) is 3.99. The van der Waals surface area contributed by atoms with Crippen LogP contribution in [0.25, 0.3) is 11.3 Å². The van der Waals surface area contributed by atoms with Crippen LogP contribution in [-0.4, -0.2) is 43.0 Å². The first-order valence-corrected chi connectivity index (χ1v) is 11.5. The summed E-state index contributed by atoms with van der Waals surface area (Å²) in [7, 11) is 0. The van der Waals surface area contributed by atoms with E-state index < -0.39 is 0 Å². The van der Waals surface area contributed by atoms with E-state index in [1.54, 1.807) is 6.07 Å². The van der Waals surface area contributed by atoms with Crippen molar-refractivity contribution in [2.45, 2.75) is 32.8 Å². The van der Waals surface area contributed by atoms with Gasteiger partial charge in [0.2, 0.25) is 0 Å². The van der Waals surface area contributed by atoms with Crippen molar-refractivity contribution in [2.75, 3.05) is 31.6 Å². The molecule has 7 heteroatoms. The Morgan fingerprint density at radius 3 is 2.79 bits per heavy atom. The summed E-state index contributed by atoms with van der Waals surface area (Å²) in [4.78, 5) is 26.9. The molecule has 6 nitrogen and oxygen atoms in total. The van der Waals surface area contributed by atoms with Gasteiger partial charge in [-0.25, -0.2) is 4.39 Å². The number of carbonyl (C=O) groups excluding carboxylic acids is 2. The zero-order valence-corrected chi connectivity index (χ0v) is 18.7. The fourth-order valence-corrected chi connectivity index (χ4v) is 4.88. The van der Waals surface area contributed by atoms with E-state index in [1.807, 2.05) is 13.0 Å². The number of carbonyl (C=O) groups is 2. The molecule has 0 atom stereocenters. The Labute approximate surface area is 192 Å². The Morgan fingerprint density at radius 1 is 1.18 bits per heavy atom. The highest BCUT2D eigenvalue weighted by Gasteiger charge is 2.33. The predicted molar refractivity (Wildman–Crippen MR) is 123 cm³/mol. The summed E-state index contributed by atoms with van der Waals surface area (Å²) in [6.45, 7) is 5.41. The number of anilines is 1. The molecule has 1 amide bonds. The third kappa shape index (κ3) is 4.25. The number of esters is 1. The zero-order valence-electron chi connectivity index (χ0n) is 18.7. The monoisotopic (exact) mass is 450 g/mol. The minimum Gasteiger partial charge on any atom is -0.487 e. The number of rotatable bonds is 5. The molecule has 0 aromatic heterocycles. The minimum absolute atomic E-state index is 0.0243. The average molecular weight is 451 g/mol. The fourth-order valence-electron chi connectivity index (χ4n) is 4.88. The van der Waals surface area contributed by atoms with Gasteiger partial charge in [0, 0.05) is 28.9 Å². The van der Waals surface area contributed by atoms with Gasteiger partial charge in [0.05, 0.1) is 18.1 Å². The van der Waals surface area contributed by atoms with Gasteiger partial charge < -0.3 is 19.7 Å². The molecule has 2 aromatic rings. The molecule has 5 rings (SSSR count). The van der Waals surface area contributed by atoms with Gasteiger partial charge in [-0.1, -0.05) is 18.2 Å². The number of halogens is 1. The van der Waals surface area contributed by atoms with Crippen LogP contribution in [0.5, 0.6) is 0 Å². The second-order valence-electron chi connectivity index (χ2n) is 8.75. The van der Waals surface area contributed by atoms with Gasteiger partial charge in [0.15, 0.2) is 0 Å².